The minimum Gasteiger partial charge on any atom is -0.490 e. The lowest BCUT2D eigenvalue weighted by Gasteiger charge is -2.11. The highest BCUT2D eigenvalue weighted by Crippen LogP contribution is 2.32. The van der Waals surface area contributed by atoms with Gasteiger partial charge in [-0.2, -0.15) is 0 Å². The Morgan fingerprint density at radius 1 is 1.07 bits per heavy atom. The van der Waals surface area contributed by atoms with Gasteiger partial charge in [0.15, 0.2) is 23.0 Å². The van der Waals surface area contributed by atoms with Crippen LogP contribution in [0.2, 0.25) is 0 Å². The third-order valence-electron chi connectivity index (χ3n) is 4.70. The normalized spacial score (nSPS) is 11.4. The van der Waals surface area contributed by atoms with E-state index in [1.54, 1.807) is 22.2 Å². The first kappa shape index (κ1) is 18.7. The number of aryl methyl sites for hydroxylation is 2. The summed E-state index contributed by atoms with van der Waals surface area (Å²) in [4.78, 5) is 11.7. The molecule has 0 amide bonds. The summed E-state index contributed by atoms with van der Waals surface area (Å²) < 4.78 is 13.2. The van der Waals surface area contributed by atoms with Gasteiger partial charge in [-0.3, -0.25) is 0 Å². The van der Waals surface area contributed by atoms with Gasteiger partial charge in [-0.15, -0.1) is 16.4 Å². The van der Waals surface area contributed by atoms with E-state index < -0.39 is 0 Å². The Kier molecular flexibility index (Phi) is 5.17. The van der Waals surface area contributed by atoms with Crippen molar-refractivity contribution in [2.24, 2.45) is 0 Å². The van der Waals surface area contributed by atoms with Crippen molar-refractivity contribution in [3.63, 3.8) is 0 Å². The first-order valence-corrected chi connectivity index (χ1v) is 10.5. The zero-order chi connectivity index (χ0) is 19.7. The van der Waals surface area contributed by atoms with Crippen LogP contribution in [0.25, 0.3) is 15.9 Å². The average Bonchev–Trinajstić information content (AvgIpc) is 3.23. The molecule has 0 saturated heterocycles. The van der Waals surface area contributed by atoms with Crippen LogP contribution in [0.15, 0.2) is 24.5 Å². The van der Waals surface area contributed by atoms with Gasteiger partial charge in [0.1, 0.15) is 11.2 Å². The fraction of sp³-hybridized carbons (Fsp3) is 0.381. The fourth-order valence-corrected chi connectivity index (χ4v) is 4.57. The minimum atomic E-state index is 0.594. The number of hydrogen-bond donors (Lipinski definition) is 0. The maximum absolute atomic E-state index is 5.74. The van der Waals surface area contributed by atoms with E-state index in [0.717, 1.165) is 45.2 Å². The van der Waals surface area contributed by atoms with Crippen LogP contribution in [-0.2, 0) is 12.8 Å². The first-order valence-electron chi connectivity index (χ1n) is 9.65. The zero-order valence-electron chi connectivity index (χ0n) is 16.7. The number of fused-ring (bicyclic) bond motifs is 3. The van der Waals surface area contributed by atoms with Crippen molar-refractivity contribution >= 4 is 27.2 Å². The van der Waals surface area contributed by atoms with Gasteiger partial charge in [-0.05, 0) is 50.5 Å². The summed E-state index contributed by atoms with van der Waals surface area (Å²) in [5, 5.41) is 5.79. The van der Waals surface area contributed by atoms with Crippen molar-refractivity contribution in [3.8, 4) is 11.5 Å². The molecule has 0 radical (unpaired) electrons. The Balaban J connectivity index is 1.72. The number of thiophene rings is 1. The van der Waals surface area contributed by atoms with Gasteiger partial charge in [-0.1, -0.05) is 13.0 Å². The monoisotopic (exact) mass is 396 g/mol. The van der Waals surface area contributed by atoms with Gasteiger partial charge >= 0.3 is 0 Å². The Morgan fingerprint density at radius 3 is 2.61 bits per heavy atom. The standard InChI is InChI=1S/C21H24N4O2S/c1-5-15-13(4)28-21-19(15)20-23-18(24-25(20)12-22-21)11-14-8-9-16(26-6-2)17(10-14)27-7-3/h8-10,12H,5-7,11H2,1-4H3. The summed E-state index contributed by atoms with van der Waals surface area (Å²) in [6.45, 7) is 9.46. The molecule has 6 nitrogen and oxygen atoms in total. The molecular formula is C21H24N4O2S. The molecule has 28 heavy (non-hydrogen) atoms. The maximum atomic E-state index is 5.74. The van der Waals surface area contributed by atoms with Crippen molar-refractivity contribution in [1.82, 2.24) is 19.6 Å². The summed E-state index contributed by atoms with van der Waals surface area (Å²) in [7, 11) is 0. The molecule has 3 aromatic heterocycles. The third kappa shape index (κ3) is 3.30. The van der Waals surface area contributed by atoms with Crippen LogP contribution in [-0.4, -0.2) is 32.8 Å². The van der Waals surface area contributed by atoms with Crippen molar-refractivity contribution in [1.29, 1.82) is 0 Å². The Morgan fingerprint density at radius 2 is 1.86 bits per heavy atom. The second kappa shape index (κ2) is 7.75. The van der Waals surface area contributed by atoms with E-state index >= 15 is 0 Å². The lowest BCUT2D eigenvalue weighted by atomic mass is 10.1. The predicted octanol–water partition coefficient (Wildman–Crippen LogP) is 4.60. The molecule has 1 aromatic carbocycles. The largest absolute Gasteiger partial charge is 0.490 e. The van der Waals surface area contributed by atoms with E-state index in [0.29, 0.717) is 19.6 Å². The summed E-state index contributed by atoms with van der Waals surface area (Å²) >= 11 is 1.72. The molecule has 0 spiro atoms. The predicted molar refractivity (Wildman–Crippen MR) is 112 cm³/mol. The second-order valence-electron chi connectivity index (χ2n) is 6.54. The molecule has 0 fully saturated rings. The molecule has 0 aliphatic rings. The highest BCUT2D eigenvalue weighted by molar-refractivity contribution is 7.18. The van der Waals surface area contributed by atoms with E-state index in [-0.39, 0.29) is 0 Å². The molecule has 146 valence electrons. The number of rotatable bonds is 7. The number of nitrogens with zero attached hydrogens (tertiary/aromatic N) is 4. The van der Waals surface area contributed by atoms with E-state index in [9.17, 15) is 0 Å². The lowest BCUT2D eigenvalue weighted by Crippen LogP contribution is -2.00. The van der Waals surface area contributed by atoms with Crippen molar-refractivity contribution in [2.45, 2.75) is 40.5 Å². The zero-order valence-corrected chi connectivity index (χ0v) is 17.5. The molecule has 0 saturated carbocycles. The lowest BCUT2D eigenvalue weighted by molar-refractivity contribution is 0.287. The van der Waals surface area contributed by atoms with Crippen LogP contribution in [0.1, 0.15) is 42.6 Å². The Labute approximate surface area is 168 Å². The molecule has 0 aliphatic heterocycles. The van der Waals surface area contributed by atoms with Crippen LogP contribution < -0.4 is 9.47 Å². The smallest absolute Gasteiger partial charge is 0.167 e. The summed E-state index contributed by atoms with van der Waals surface area (Å²) in [6, 6.07) is 6.01. The fourth-order valence-electron chi connectivity index (χ4n) is 3.50. The molecule has 4 rings (SSSR count). The highest BCUT2D eigenvalue weighted by Gasteiger charge is 2.16. The number of benzene rings is 1. The van der Waals surface area contributed by atoms with Gasteiger partial charge in [0, 0.05) is 11.3 Å². The Hall–Kier alpha value is -2.67. The van der Waals surface area contributed by atoms with E-state index in [1.165, 1.54) is 10.4 Å². The van der Waals surface area contributed by atoms with E-state index in [1.807, 2.05) is 32.0 Å². The van der Waals surface area contributed by atoms with Gasteiger partial charge in [0.25, 0.3) is 0 Å². The van der Waals surface area contributed by atoms with Gasteiger partial charge < -0.3 is 9.47 Å². The molecule has 0 N–H and O–H groups in total. The third-order valence-corrected chi connectivity index (χ3v) is 5.75. The van der Waals surface area contributed by atoms with Crippen LogP contribution in [0, 0.1) is 6.92 Å². The topological polar surface area (TPSA) is 61.5 Å². The molecule has 0 unspecified atom stereocenters. The SMILES string of the molecule is CCOc1ccc(Cc2nc3c4c(CC)c(C)sc4ncn3n2)cc1OCC. The first-order chi connectivity index (χ1) is 13.6. The van der Waals surface area contributed by atoms with Crippen LogP contribution >= 0.6 is 11.3 Å². The molecule has 7 heteroatoms. The number of hydrogen-bond acceptors (Lipinski definition) is 6. The minimum absolute atomic E-state index is 0.594. The molecule has 0 aliphatic carbocycles. The summed E-state index contributed by atoms with van der Waals surface area (Å²) in [5.74, 6) is 2.30. The molecule has 0 bridgehead atoms. The molecule has 4 aromatic rings. The van der Waals surface area contributed by atoms with Crippen LogP contribution in [0.3, 0.4) is 0 Å². The quantitative estimate of drug-likeness (QED) is 0.457. The van der Waals surface area contributed by atoms with E-state index in [4.69, 9.17) is 14.5 Å². The van der Waals surface area contributed by atoms with Crippen molar-refractivity contribution in [3.05, 3.63) is 46.4 Å². The second-order valence-corrected chi connectivity index (χ2v) is 7.74. The van der Waals surface area contributed by atoms with Crippen LogP contribution in [0.4, 0.5) is 0 Å². The summed E-state index contributed by atoms with van der Waals surface area (Å²) in [6.07, 6.45) is 3.35. The summed E-state index contributed by atoms with van der Waals surface area (Å²) in [5.41, 5.74) is 3.29. The van der Waals surface area contributed by atoms with Crippen molar-refractivity contribution < 1.29 is 9.47 Å². The molecule has 3 heterocycles. The van der Waals surface area contributed by atoms with Gasteiger partial charge in [0.2, 0.25) is 0 Å². The highest BCUT2D eigenvalue weighted by atomic mass is 32.1. The van der Waals surface area contributed by atoms with Crippen molar-refractivity contribution in [2.75, 3.05) is 13.2 Å². The number of ether oxygens (including phenoxy) is 2. The maximum Gasteiger partial charge on any atom is 0.167 e. The van der Waals surface area contributed by atoms with Crippen LogP contribution in [0.5, 0.6) is 11.5 Å². The molecule has 0 atom stereocenters. The Bertz CT molecular complexity index is 1130. The number of aromatic nitrogens is 4. The van der Waals surface area contributed by atoms with Gasteiger partial charge in [-0.25, -0.2) is 14.5 Å². The molecular weight excluding hydrogens is 372 g/mol. The van der Waals surface area contributed by atoms with E-state index in [2.05, 4.69) is 23.9 Å². The average molecular weight is 397 g/mol. The van der Waals surface area contributed by atoms with Gasteiger partial charge in [0.05, 0.1) is 18.6 Å².